The third-order valence-electron chi connectivity index (χ3n) is 4.52. The van der Waals surface area contributed by atoms with Gasteiger partial charge in [-0.1, -0.05) is 42.5 Å². The van der Waals surface area contributed by atoms with Crippen molar-refractivity contribution in [3.63, 3.8) is 0 Å². The van der Waals surface area contributed by atoms with Crippen molar-refractivity contribution in [1.82, 2.24) is 4.90 Å². The topological polar surface area (TPSA) is 40.5 Å². The zero-order valence-corrected chi connectivity index (χ0v) is 14.0. The van der Waals surface area contributed by atoms with Crippen LogP contribution in [0, 0.1) is 0 Å². The van der Waals surface area contributed by atoms with Crippen LogP contribution in [0.15, 0.2) is 65.7 Å². The van der Waals surface area contributed by atoms with E-state index in [1.54, 1.807) is 19.1 Å². The molecule has 24 heavy (non-hydrogen) atoms. The number of rotatable bonds is 5. The van der Waals surface area contributed by atoms with Gasteiger partial charge < -0.3 is 5.11 Å². The third-order valence-corrected chi connectivity index (χ3v) is 4.52. The number of carbonyl (C=O) groups excluding carboxylic acids is 1. The van der Waals surface area contributed by atoms with Crippen LogP contribution in [0.4, 0.5) is 0 Å². The minimum atomic E-state index is 0.171. The average molecular weight is 321 g/mol. The molecule has 3 rings (SSSR count). The van der Waals surface area contributed by atoms with Gasteiger partial charge in [0.05, 0.1) is 0 Å². The maximum atomic E-state index is 12.0. The first-order chi connectivity index (χ1) is 11.6. The molecule has 0 atom stereocenters. The van der Waals surface area contributed by atoms with Gasteiger partial charge in [-0.2, -0.15) is 0 Å². The molecule has 1 heterocycles. The molecule has 124 valence electrons. The fraction of sp³-hybridized carbons (Fsp3) is 0.286. The van der Waals surface area contributed by atoms with Crippen LogP contribution in [0.1, 0.15) is 24.5 Å². The van der Waals surface area contributed by atoms with Gasteiger partial charge in [0.25, 0.3) is 0 Å². The minimum Gasteiger partial charge on any atom is -0.508 e. The first kappa shape index (κ1) is 16.5. The molecule has 0 spiro atoms. The summed E-state index contributed by atoms with van der Waals surface area (Å²) >= 11 is 0. The molecular formula is C21H23NO2. The van der Waals surface area contributed by atoms with Gasteiger partial charge in [0.1, 0.15) is 5.75 Å². The van der Waals surface area contributed by atoms with Gasteiger partial charge in [-0.3, -0.25) is 9.69 Å². The summed E-state index contributed by atoms with van der Waals surface area (Å²) in [5, 5.41) is 9.67. The van der Waals surface area contributed by atoms with Crippen LogP contribution < -0.4 is 0 Å². The molecule has 1 aliphatic heterocycles. The Morgan fingerprint density at radius 3 is 2.54 bits per heavy atom. The Kier molecular flexibility index (Phi) is 5.11. The van der Waals surface area contributed by atoms with E-state index >= 15 is 0 Å². The maximum absolute atomic E-state index is 12.0. The highest BCUT2D eigenvalue weighted by Gasteiger charge is 2.21. The number of phenols is 1. The molecule has 0 saturated heterocycles. The van der Waals surface area contributed by atoms with Crippen molar-refractivity contribution in [2.75, 3.05) is 13.1 Å². The number of Topliss-reactive ketones (excluding diaryl/α,β-unsaturated/α-hetero) is 1. The van der Waals surface area contributed by atoms with E-state index in [4.69, 9.17) is 0 Å². The van der Waals surface area contributed by atoms with E-state index in [1.165, 1.54) is 11.1 Å². The smallest absolute Gasteiger partial charge is 0.155 e. The molecule has 0 radical (unpaired) electrons. The first-order valence-electron chi connectivity index (χ1n) is 8.38. The number of carbonyl (C=O) groups is 1. The predicted molar refractivity (Wildman–Crippen MR) is 95.9 cm³/mol. The standard InChI is InChI=1S/C21H23NO2/c1-16(23)21-10-11-22(14-17-6-3-2-4-7-17)15-19(21)12-18-8-5-9-20(24)13-18/h2-9,13,24H,10-12,14-15H2,1H3. The van der Waals surface area contributed by atoms with Crippen LogP contribution in [0.5, 0.6) is 5.75 Å². The Morgan fingerprint density at radius 1 is 1.08 bits per heavy atom. The van der Waals surface area contributed by atoms with E-state index in [2.05, 4.69) is 29.2 Å². The number of hydrogen-bond donors (Lipinski definition) is 1. The lowest BCUT2D eigenvalue weighted by Crippen LogP contribution is -2.33. The molecular weight excluding hydrogens is 298 g/mol. The van der Waals surface area contributed by atoms with Crippen molar-refractivity contribution in [1.29, 1.82) is 0 Å². The summed E-state index contributed by atoms with van der Waals surface area (Å²) in [6, 6.07) is 17.7. The van der Waals surface area contributed by atoms with Crippen LogP contribution in [-0.4, -0.2) is 28.9 Å². The van der Waals surface area contributed by atoms with Crippen LogP contribution in [0.2, 0.25) is 0 Å². The van der Waals surface area contributed by atoms with Crippen LogP contribution >= 0.6 is 0 Å². The molecule has 0 bridgehead atoms. The van der Waals surface area contributed by atoms with Gasteiger partial charge in [0.2, 0.25) is 0 Å². The predicted octanol–water partition coefficient (Wildman–Crippen LogP) is 3.73. The summed E-state index contributed by atoms with van der Waals surface area (Å²) in [5.41, 5.74) is 4.48. The van der Waals surface area contributed by atoms with Crippen LogP contribution in [0.25, 0.3) is 0 Å². The quantitative estimate of drug-likeness (QED) is 0.912. The van der Waals surface area contributed by atoms with E-state index in [0.717, 1.165) is 37.2 Å². The van der Waals surface area contributed by atoms with Crippen molar-refractivity contribution in [2.45, 2.75) is 26.3 Å². The lowest BCUT2D eigenvalue weighted by atomic mass is 9.92. The Bertz CT molecular complexity index is 749. The number of ketones is 1. The summed E-state index contributed by atoms with van der Waals surface area (Å²) in [6.07, 6.45) is 1.52. The van der Waals surface area contributed by atoms with Crippen molar-refractivity contribution < 1.29 is 9.90 Å². The lowest BCUT2D eigenvalue weighted by molar-refractivity contribution is -0.114. The fourth-order valence-corrected chi connectivity index (χ4v) is 3.37. The second-order valence-electron chi connectivity index (χ2n) is 6.43. The molecule has 0 aromatic heterocycles. The molecule has 0 amide bonds. The number of nitrogens with zero attached hydrogens (tertiary/aromatic N) is 1. The van der Waals surface area contributed by atoms with E-state index < -0.39 is 0 Å². The monoisotopic (exact) mass is 321 g/mol. The molecule has 0 unspecified atom stereocenters. The highest BCUT2D eigenvalue weighted by atomic mass is 16.3. The minimum absolute atomic E-state index is 0.171. The van der Waals surface area contributed by atoms with Crippen molar-refractivity contribution >= 4 is 5.78 Å². The van der Waals surface area contributed by atoms with E-state index in [9.17, 15) is 9.90 Å². The van der Waals surface area contributed by atoms with Gasteiger partial charge in [-0.25, -0.2) is 0 Å². The molecule has 0 saturated carbocycles. The van der Waals surface area contributed by atoms with Crippen LogP contribution in [-0.2, 0) is 17.8 Å². The van der Waals surface area contributed by atoms with Crippen molar-refractivity contribution in [2.24, 2.45) is 0 Å². The molecule has 0 aliphatic carbocycles. The second-order valence-corrected chi connectivity index (χ2v) is 6.43. The summed E-state index contributed by atoms with van der Waals surface area (Å²) < 4.78 is 0. The molecule has 1 N–H and O–H groups in total. The summed E-state index contributed by atoms with van der Waals surface area (Å²) in [6.45, 7) is 4.27. The lowest BCUT2D eigenvalue weighted by Gasteiger charge is -2.30. The number of hydrogen-bond acceptors (Lipinski definition) is 3. The fourth-order valence-electron chi connectivity index (χ4n) is 3.37. The van der Waals surface area contributed by atoms with Crippen molar-refractivity contribution in [3.8, 4) is 5.75 Å². The van der Waals surface area contributed by atoms with Gasteiger partial charge in [-0.15, -0.1) is 0 Å². The molecule has 0 fully saturated rings. The molecule has 1 aliphatic rings. The van der Waals surface area contributed by atoms with Gasteiger partial charge in [0.15, 0.2) is 5.78 Å². The Morgan fingerprint density at radius 2 is 1.83 bits per heavy atom. The second kappa shape index (κ2) is 7.45. The highest BCUT2D eigenvalue weighted by molar-refractivity contribution is 5.94. The normalized spacial score (nSPS) is 15.5. The summed E-state index contributed by atoms with van der Waals surface area (Å²) in [5.74, 6) is 0.443. The largest absolute Gasteiger partial charge is 0.508 e. The molecule has 3 nitrogen and oxygen atoms in total. The third kappa shape index (κ3) is 4.12. The Labute approximate surface area is 143 Å². The molecule has 2 aromatic carbocycles. The maximum Gasteiger partial charge on any atom is 0.155 e. The first-order valence-corrected chi connectivity index (χ1v) is 8.38. The number of aromatic hydroxyl groups is 1. The van der Waals surface area contributed by atoms with Gasteiger partial charge in [-0.05, 0) is 54.2 Å². The van der Waals surface area contributed by atoms with Crippen molar-refractivity contribution in [3.05, 3.63) is 76.9 Å². The summed E-state index contributed by atoms with van der Waals surface area (Å²) in [4.78, 5) is 14.4. The van der Waals surface area contributed by atoms with E-state index in [-0.39, 0.29) is 11.5 Å². The highest BCUT2D eigenvalue weighted by Crippen LogP contribution is 2.24. The van der Waals surface area contributed by atoms with Crippen LogP contribution in [0.3, 0.4) is 0 Å². The van der Waals surface area contributed by atoms with E-state index in [1.807, 2.05) is 18.2 Å². The number of benzene rings is 2. The number of phenolic OH excluding ortho intramolecular Hbond substituents is 1. The Hall–Kier alpha value is -2.39. The van der Waals surface area contributed by atoms with E-state index in [0.29, 0.717) is 6.42 Å². The zero-order valence-electron chi connectivity index (χ0n) is 14.0. The van der Waals surface area contributed by atoms with Gasteiger partial charge in [0, 0.05) is 19.6 Å². The average Bonchev–Trinajstić information content (AvgIpc) is 2.56. The molecule has 3 heteroatoms. The summed E-state index contributed by atoms with van der Waals surface area (Å²) in [7, 11) is 0. The Balaban J connectivity index is 1.78. The van der Waals surface area contributed by atoms with Gasteiger partial charge >= 0.3 is 0 Å². The SMILES string of the molecule is CC(=O)C1=C(Cc2cccc(O)c2)CN(Cc2ccccc2)CC1. The molecule has 2 aromatic rings. The zero-order chi connectivity index (χ0) is 16.9.